The van der Waals surface area contributed by atoms with Gasteiger partial charge in [0, 0.05) is 57.0 Å². The summed E-state index contributed by atoms with van der Waals surface area (Å²) in [4.78, 5) is 4.57. The van der Waals surface area contributed by atoms with Crippen LogP contribution in [0.15, 0.2) is 30.9 Å². The Morgan fingerprint density at radius 1 is 1.32 bits per heavy atom. The van der Waals surface area contributed by atoms with E-state index in [0.29, 0.717) is 6.04 Å². The number of hydrogen-bond acceptors (Lipinski definition) is 3. The first-order valence-corrected chi connectivity index (χ1v) is 7.53. The third kappa shape index (κ3) is 5.32. The van der Waals surface area contributed by atoms with Gasteiger partial charge in [0.05, 0.1) is 0 Å². The second kappa shape index (κ2) is 10.3. The maximum atomic E-state index is 6.52. The number of halogens is 3. The summed E-state index contributed by atoms with van der Waals surface area (Å²) >= 11 is 6.52. The number of benzene rings is 1. The molecule has 22 heavy (non-hydrogen) atoms. The SMILES string of the molecule is C=CC[C@@H](c1ccc(N(C)C)cc1Cl)N1CCNCC1.Cl.Cl. The molecule has 1 aliphatic rings. The quantitative estimate of drug-likeness (QED) is 0.800. The van der Waals surface area contributed by atoms with Crippen LogP contribution in [0.2, 0.25) is 5.02 Å². The highest BCUT2D eigenvalue weighted by Gasteiger charge is 2.23. The van der Waals surface area contributed by atoms with Crippen molar-refractivity contribution in [2.45, 2.75) is 12.5 Å². The Kier molecular flexibility index (Phi) is 10.1. The molecule has 0 saturated carbocycles. The van der Waals surface area contributed by atoms with Gasteiger partial charge in [-0.3, -0.25) is 4.90 Å². The van der Waals surface area contributed by atoms with Crippen LogP contribution < -0.4 is 10.2 Å². The van der Waals surface area contributed by atoms with Gasteiger partial charge in [0.15, 0.2) is 0 Å². The van der Waals surface area contributed by atoms with E-state index in [9.17, 15) is 0 Å². The van der Waals surface area contributed by atoms with E-state index < -0.39 is 0 Å². The van der Waals surface area contributed by atoms with Gasteiger partial charge in [0.25, 0.3) is 0 Å². The van der Waals surface area contributed by atoms with Crippen molar-refractivity contribution >= 4 is 42.1 Å². The van der Waals surface area contributed by atoms with Crippen LogP contribution in [0.3, 0.4) is 0 Å². The average Bonchev–Trinajstić information content (AvgIpc) is 2.46. The number of anilines is 1. The Hall–Kier alpha value is -0.450. The monoisotopic (exact) mass is 365 g/mol. The summed E-state index contributed by atoms with van der Waals surface area (Å²) in [5.74, 6) is 0. The molecule has 126 valence electrons. The van der Waals surface area contributed by atoms with Gasteiger partial charge >= 0.3 is 0 Å². The van der Waals surface area contributed by atoms with E-state index in [4.69, 9.17) is 11.6 Å². The van der Waals surface area contributed by atoms with Gasteiger partial charge in [-0.15, -0.1) is 31.4 Å². The number of piperazine rings is 1. The molecule has 6 heteroatoms. The molecule has 1 atom stereocenters. The summed E-state index contributed by atoms with van der Waals surface area (Å²) in [6.45, 7) is 8.11. The zero-order chi connectivity index (χ0) is 14.5. The topological polar surface area (TPSA) is 18.5 Å². The minimum atomic E-state index is 0. The van der Waals surface area contributed by atoms with Crippen molar-refractivity contribution in [1.82, 2.24) is 10.2 Å². The Morgan fingerprint density at radius 3 is 2.45 bits per heavy atom. The van der Waals surface area contributed by atoms with Crippen molar-refractivity contribution in [2.75, 3.05) is 45.2 Å². The smallest absolute Gasteiger partial charge is 0.0474 e. The summed E-state index contributed by atoms with van der Waals surface area (Å²) in [5, 5.41) is 4.24. The number of rotatable bonds is 5. The van der Waals surface area contributed by atoms with Crippen molar-refractivity contribution in [3.8, 4) is 0 Å². The number of hydrogen-bond donors (Lipinski definition) is 1. The van der Waals surface area contributed by atoms with Crippen LogP contribution >= 0.6 is 36.4 Å². The highest BCUT2D eigenvalue weighted by atomic mass is 35.5. The van der Waals surface area contributed by atoms with E-state index in [1.54, 1.807) is 0 Å². The number of nitrogens with zero attached hydrogens (tertiary/aromatic N) is 2. The zero-order valence-electron chi connectivity index (χ0n) is 13.2. The molecular formula is C16H26Cl3N3. The van der Waals surface area contributed by atoms with E-state index in [1.807, 2.05) is 20.2 Å². The van der Waals surface area contributed by atoms with Crippen LogP contribution in [-0.2, 0) is 0 Å². The van der Waals surface area contributed by atoms with Gasteiger partial charge in [-0.25, -0.2) is 0 Å². The Balaban J connectivity index is 0.00000220. The van der Waals surface area contributed by atoms with Crippen molar-refractivity contribution in [1.29, 1.82) is 0 Å². The lowest BCUT2D eigenvalue weighted by Gasteiger charge is -2.35. The lowest BCUT2D eigenvalue weighted by Crippen LogP contribution is -2.45. The first kappa shape index (κ1) is 21.6. The third-order valence-corrected chi connectivity index (χ3v) is 4.17. The molecule has 1 heterocycles. The minimum Gasteiger partial charge on any atom is -0.378 e. The van der Waals surface area contributed by atoms with Gasteiger partial charge in [-0.05, 0) is 24.1 Å². The first-order chi connectivity index (χ1) is 9.63. The van der Waals surface area contributed by atoms with Crippen molar-refractivity contribution in [3.05, 3.63) is 41.4 Å². The van der Waals surface area contributed by atoms with Crippen LogP contribution in [0.1, 0.15) is 18.0 Å². The number of nitrogens with one attached hydrogen (secondary N) is 1. The Labute approximate surface area is 151 Å². The summed E-state index contributed by atoms with van der Waals surface area (Å²) in [6, 6.07) is 6.68. The van der Waals surface area contributed by atoms with E-state index in [-0.39, 0.29) is 24.8 Å². The fraction of sp³-hybridized carbons (Fsp3) is 0.500. The predicted octanol–water partition coefficient (Wildman–Crippen LogP) is 3.77. The molecule has 2 rings (SSSR count). The first-order valence-electron chi connectivity index (χ1n) is 7.16. The highest BCUT2D eigenvalue weighted by molar-refractivity contribution is 6.31. The molecule has 0 unspecified atom stereocenters. The maximum Gasteiger partial charge on any atom is 0.0474 e. The zero-order valence-corrected chi connectivity index (χ0v) is 15.6. The second-order valence-corrected chi connectivity index (χ2v) is 5.83. The van der Waals surface area contributed by atoms with Crippen LogP contribution in [0.5, 0.6) is 0 Å². The summed E-state index contributed by atoms with van der Waals surface area (Å²) in [7, 11) is 4.06. The fourth-order valence-corrected chi connectivity index (χ4v) is 2.99. The van der Waals surface area contributed by atoms with Crippen molar-refractivity contribution < 1.29 is 0 Å². The molecule has 1 saturated heterocycles. The molecule has 0 aromatic heterocycles. The van der Waals surface area contributed by atoms with Gasteiger partial charge in [0.2, 0.25) is 0 Å². The van der Waals surface area contributed by atoms with Gasteiger partial charge in [-0.2, -0.15) is 0 Å². The molecule has 0 spiro atoms. The van der Waals surface area contributed by atoms with Gasteiger partial charge in [0.1, 0.15) is 0 Å². The molecule has 1 aromatic carbocycles. The minimum absolute atomic E-state index is 0. The molecule has 1 fully saturated rings. The van der Waals surface area contributed by atoms with Crippen LogP contribution in [-0.4, -0.2) is 45.2 Å². The van der Waals surface area contributed by atoms with Crippen molar-refractivity contribution in [2.24, 2.45) is 0 Å². The van der Waals surface area contributed by atoms with E-state index >= 15 is 0 Å². The van der Waals surface area contributed by atoms with Crippen LogP contribution in [0, 0.1) is 0 Å². The van der Waals surface area contributed by atoms with Crippen molar-refractivity contribution in [3.63, 3.8) is 0 Å². The normalized spacial score (nSPS) is 16.1. The lowest BCUT2D eigenvalue weighted by molar-refractivity contribution is 0.174. The summed E-state index contributed by atoms with van der Waals surface area (Å²) < 4.78 is 0. The molecular weight excluding hydrogens is 341 g/mol. The average molecular weight is 367 g/mol. The van der Waals surface area contributed by atoms with E-state index in [1.165, 1.54) is 5.56 Å². The maximum absolute atomic E-state index is 6.52. The molecule has 1 N–H and O–H groups in total. The molecule has 3 nitrogen and oxygen atoms in total. The third-order valence-electron chi connectivity index (χ3n) is 3.84. The fourth-order valence-electron chi connectivity index (χ4n) is 2.69. The Morgan fingerprint density at radius 2 is 1.95 bits per heavy atom. The molecule has 0 amide bonds. The molecule has 1 aliphatic heterocycles. The highest BCUT2D eigenvalue weighted by Crippen LogP contribution is 2.33. The molecule has 0 radical (unpaired) electrons. The summed E-state index contributed by atoms with van der Waals surface area (Å²) in [6.07, 6.45) is 2.92. The summed E-state index contributed by atoms with van der Waals surface area (Å²) in [5.41, 5.74) is 2.34. The molecule has 0 bridgehead atoms. The molecule has 1 aromatic rings. The van der Waals surface area contributed by atoms with Crippen LogP contribution in [0.25, 0.3) is 0 Å². The van der Waals surface area contributed by atoms with Gasteiger partial charge < -0.3 is 10.2 Å². The van der Waals surface area contributed by atoms with E-state index in [0.717, 1.165) is 43.3 Å². The van der Waals surface area contributed by atoms with Gasteiger partial charge in [-0.1, -0.05) is 23.7 Å². The molecule has 0 aliphatic carbocycles. The van der Waals surface area contributed by atoms with E-state index in [2.05, 4.69) is 39.9 Å². The van der Waals surface area contributed by atoms with Crippen LogP contribution in [0.4, 0.5) is 5.69 Å². The second-order valence-electron chi connectivity index (χ2n) is 5.43. The Bertz CT molecular complexity index is 460. The largest absolute Gasteiger partial charge is 0.378 e. The standard InChI is InChI=1S/C16H24ClN3.2ClH/c1-4-5-16(20-10-8-18-9-11-20)14-7-6-13(19(2)3)12-15(14)17;;/h4,6-7,12,16,18H,1,5,8-11H2,2-3H3;2*1H/t16-;;/m0../s1. The lowest BCUT2D eigenvalue weighted by atomic mass is 10.0. The predicted molar refractivity (Wildman–Crippen MR) is 102 cm³/mol.